The van der Waals surface area contributed by atoms with Gasteiger partial charge in [0.2, 0.25) is 0 Å². The zero-order valence-electron chi connectivity index (χ0n) is 14.6. The van der Waals surface area contributed by atoms with E-state index in [0.29, 0.717) is 19.7 Å². The molecule has 0 saturated heterocycles. The van der Waals surface area contributed by atoms with Crippen LogP contribution in [-0.4, -0.2) is 51.4 Å². The molecule has 0 heterocycles. The molecule has 0 aliphatic carbocycles. The lowest BCUT2D eigenvalue weighted by Gasteiger charge is -2.24. The van der Waals surface area contributed by atoms with Gasteiger partial charge in [0.15, 0.2) is 0 Å². The lowest BCUT2D eigenvalue weighted by atomic mass is 10.2. The fourth-order valence-electron chi connectivity index (χ4n) is 1.91. The first-order valence-corrected chi connectivity index (χ1v) is 9.40. The van der Waals surface area contributed by atoms with Crippen molar-refractivity contribution in [2.45, 2.75) is 33.4 Å². The van der Waals surface area contributed by atoms with Crippen molar-refractivity contribution in [2.75, 3.05) is 26.0 Å². The minimum Gasteiger partial charge on any atom is -0.383 e. The van der Waals surface area contributed by atoms with Gasteiger partial charge in [-0.3, -0.25) is 0 Å². The van der Waals surface area contributed by atoms with Crippen LogP contribution in [0.3, 0.4) is 0 Å². The molecule has 0 atom stereocenters. The summed E-state index contributed by atoms with van der Waals surface area (Å²) < 4.78 is 33.2. The van der Waals surface area contributed by atoms with E-state index >= 15 is 0 Å². The van der Waals surface area contributed by atoms with Gasteiger partial charge >= 0.3 is 16.1 Å². The Balaban J connectivity index is 2.87. The lowest BCUT2D eigenvalue weighted by molar-refractivity contribution is 0.145. The van der Waals surface area contributed by atoms with Crippen LogP contribution in [0.15, 0.2) is 24.3 Å². The Hall–Kier alpha value is -1.80. The quantitative estimate of drug-likeness (QED) is 0.682. The van der Waals surface area contributed by atoms with Crippen LogP contribution in [0.1, 0.15) is 26.3 Å². The second-order valence-electron chi connectivity index (χ2n) is 5.60. The van der Waals surface area contributed by atoms with E-state index in [9.17, 15) is 13.2 Å². The largest absolute Gasteiger partial charge is 0.383 e. The van der Waals surface area contributed by atoms with Crippen LogP contribution >= 0.6 is 0 Å². The average molecular weight is 358 g/mol. The number of carbonyl (C=O) groups excluding carboxylic acids is 1. The standard InChI is InChI=1S/C16H26N2O5S/c1-5-24(20,21)23-15-8-6-7-14(11-15)12-18(9-10-22-4)16(19)17-13(2)3/h6-8,11,13H,5,9-10,12H2,1-4H3,(H,17,19). The maximum atomic E-state index is 12.3. The first-order chi connectivity index (χ1) is 11.3. The topological polar surface area (TPSA) is 84.9 Å². The van der Waals surface area contributed by atoms with Gasteiger partial charge < -0.3 is 19.1 Å². The Kier molecular flexibility index (Phi) is 8.00. The van der Waals surface area contributed by atoms with E-state index in [1.807, 2.05) is 19.9 Å². The molecule has 0 unspecified atom stereocenters. The third kappa shape index (κ3) is 7.18. The minimum absolute atomic E-state index is 0.0203. The maximum Gasteiger partial charge on any atom is 0.317 e. The van der Waals surface area contributed by atoms with Gasteiger partial charge in [-0.25, -0.2) is 4.79 Å². The van der Waals surface area contributed by atoms with E-state index in [0.717, 1.165) is 5.56 Å². The summed E-state index contributed by atoms with van der Waals surface area (Å²) in [5, 5.41) is 2.84. The Morgan fingerprint density at radius 3 is 2.62 bits per heavy atom. The van der Waals surface area contributed by atoms with Gasteiger partial charge in [0.1, 0.15) is 5.75 Å². The van der Waals surface area contributed by atoms with Crippen LogP contribution in [0.4, 0.5) is 4.79 Å². The van der Waals surface area contributed by atoms with E-state index in [4.69, 9.17) is 8.92 Å². The summed E-state index contributed by atoms with van der Waals surface area (Å²) in [6.07, 6.45) is 0. The Bertz CT molecular complexity index is 631. The van der Waals surface area contributed by atoms with Gasteiger partial charge in [0, 0.05) is 26.2 Å². The van der Waals surface area contributed by atoms with E-state index in [2.05, 4.69) is 5.32 Å². The molecule has 0 bridgehead atoms. The van der Waals surface area contributed by atoms with Crippen molar-refractivity contribution in [3.8, 4) is 5.75 Å². The summed E-state index contributed by atoms with van der Waals surface area (Å²) in [7, 11) is -2.01. The molecular formula is C16H26N2O5S. The highest BCUT2D eigenvalue weighted by Crippen LogP contribution is 2.17. The number of hydrogen-bond donors (Lipinski definition) is 1. The molecule has 0 aliphatic heterocycles. The van der Waals surface area contributed by atoms with E-state index in [1.54, 1.807) is 30.2 Å². The third-order valence-corrected chi connectivity index (χ3v) is 4.27. The molecule has 1 aromatic rings. The summed E-state index contributed by atoms with van der Waals surface area (Å²) in [5.41, 5.74) is 0.772. The van der Waals surface area contributed by atoms with Crippen molar-refractivity contribution in [1.82, 2.24) is 10.2 Å². The first-order valence-electron chi connectivity index (χ1n) is 7.83. The fraction of sp³-hybridized carbons (Fsp3) is 0.562. The predicted octanol–water partition coefficient (Wildman–Crippen LogP) is 1.98. The summed E-state index contributed by atoms with van der Waals surface area (Å²) >= 11 is 0. The fourth-order valence-corrected chi connectivity index (χ4v) is 2.43. The summed E-state index contributed by atoms with van der Waals surface area (Å²) in [4.78, 5) is 13.9. The monoisotopic (exact) mass is 358 g/mol. The summed E-state index contributed by atoms with van der Waals surface area (Å²) in [5.74, 6) is 0.138. The molecule has 136 valence electrons. The number of benzene rings is 1. The molecule has 24 heavy (non-hydrogen) atoms. The highest BCUT2D eigenvalue weighted by molar-refractivity contribution is 7.87. The number of rotatable bonds is 9. The van der Waals surface area contributed by atoms with Gasteiger partial charge in [0.25, 0.3) is 0 Å². The molecule has 1 N–H and O–H groups in total. The number of nitrogens with zero attached hydrogens (tertiary/aromatic N) is 1. The van der Waals surface area contributed by atoms with Crippen LogP contribution in [0, 0.1) is 0 Å². The van der Waals surface area contributed by atoms with Crippen LogP contribution in [-0.2, 0) is 21.4 Å². The highest BCUT2D eigenvalue weighted by atomic mass is 32.2. The Morgan fingerprint density at radius 1 is 1.33 bits per heavy atom. The van der Waals surface area contributed by atoms with Gasteiger partial charge in [-0.05, 0) is 38.5 Å². The number of methoxy groups -OCH3 is 1. The van der Waals surface area contributed by atoms with Crippen molar-refractivity contribution in [2.24, 2.45) is 0 Å². The normalized spacial score (nSPS) is 11.4. The maximum absolute atomic E-state index is 12.3. The smallest absolute Gasteiger partial charge is 0.317 e. The molecule has 1 aromatic carbocycles. The summed E-state index contributed by atoms with van der Waals surface area (Å²) in [6, 6.07) is 6.53. The molecule has 8 heteroatoms. The van der Waals surface area contributed by atoms with Gasteiger partial charge in [-0.2, -0.15) is 8.42 Å². The van der Waals surface area contributed by atoms with Crippen LogP contribution in [0.25, 0.3) is 0 Å². The molecular weight excluding hydrogens is 332 g/mol. The van der Waals surface area contributed by atoms with Gasteiger partial charge in [0.05, 0.1) is 12.4 Å². The zero-order chi connectivity index (χ0) is 18.2. The summed E-state index contributed by atoms with van der Waals surface area (Å²) in [6.45, 7) is 6.44. The molecule has 2 amide bonds. The molecule has 0 saturated carbocycles. The number of amides is 2. The minimum atomic E-state index is -3.58. The lowest BCUT2D eigenvalue weighted by Crippen LogP contribution is -2.43. The molecule has 0 aliphatic rings. The van der Waals surface area contributed by atoms with E-state index in [-0.39, 0.29) is 23.6 Å². The number of hydrogen-bond acceptors (Lipinski definition) is 5. The SMILES string of the molecule is CCS(=O)(=O)Oc1cccc(CN(CCOC)C(=O)NC(C)C)c1. The number of ether oxygens (including phenoxy) is 1. The molecule has 0 radical (unpaired) electrons. The number of carbonyl (C=O) groups is 1. The van der Waals surface area contributed by atoms with E-state index < -0.39 is 10.1 Å². The Morgan fingerprint density at radius 2 is 2.04 bits per heavy atom. The van der Waals surface area contributed by atoms with Crippen LogP contribution in [0.2, 0.25) is 0 Å². The zero-order valence-corrected chi connectivity index (χ0v) is 15.4. The number of nitrogens with one attached hydrogen (secondary N) is 1. The average Bonchev–Trinajstić information content (AvgIpc) is 2.50. The molecule has 1 rings (SSSR count). The molecule has 0 aromatic heterocycles. The van der Waals surface area contributed by atoms with Gasteiger partial charge in [-0.15, -0.1) is 0 Å². The highest BCUT2D eigenvalue weighted by Gasteiger charge is 2.16. The number of urea groups is 1. The molecule has 0 fully saturated rings. The van der Waals surface area contributed by atoms with Crippen LogP contribution in [0.5, 0.6) is 5.75 Å². The predicted molar refractivity (Wildman–Crippen MR) is 92.5 cm³/mol. The third-order valence-electron chi connectivity index (χ3n) is 3.11. The van der Waals surface area contributed by atoms with Crippen molar-refractivity contribution < 1.29 is 22.1 Å². The van der Waals surface area contributed by atoms with E-state index in [1.165, 1.54) is 6.92 Å². The second kappa shape index (κ2) is 9.48. The van der Waals surface area contributed by atoms with Crippen molar-refractivity contribution in [3.05, 3.63) is 29.8 Å². The second-order valence-corrected chi connectivity index (χ2v) is 7.46. The molecule has 7 nitrogen and oxygen atoms in total. The van der Waals surface area contributed by atoms with Crippen LogP contribution < -0.4 is 9.50 Å². The van der Waals surface area contributed by atoms with Crippen molar-refractivity contribution >= 4 is 16.1 Å². The van der Waals surface area contributed by atoms with Gasteiger partial charge in [-0.1, -0.05) is 12.1 Å². The first kappa shape index (κ1) is 20.2. The van der Waals surface area contributed by atoms with Crippen molar-refractivity contribution in [3.63, 3.8) is 0 Å². The van der Waals surface area contributed by atoms with Crippen molar-refractivity contribution in [1.29, 1.82) is 0 Å². The molecule has 0 spiro atoms. The Labute approximate surface area is 144 Å².